The third-order valence-corrected chi connectivity index (χ3v) is 0.940. The van der Waals surface area contributed by atoms with Crippen LogP contribution in [0, 0.1) is 18.0 Å². The summed E-state index contributed by atoms with van der Waals surface area (Å²) in [7, 11) is 0. The second-order valence-corrected chi connectivity index (χ2v) is 1.77. The first-order valence-electron chi connectivity index (χ1n) is 2.86. The standard InChI is InChI=1S/C7H8.H2N3.H4Si/c1-7-5-3-2-4-6-7;1-3-2;/h2-6H,1H3;1-2H;1H4/q;+1;. The van der Waals surface area contributed by atoms with Crippen LogP contribution < -0.4 is 4.91 Å². The summed E-state index contributed by atoms with van der Waals surface area (Å²) < 4.78 is 0. The smallest absolute Gasteiger partial charge is 0.0622 e. The van der Waals surface area contributed by atoms with Crippen molar-refractivity contribution >= 4 is 11.0 Å². The van der Waals surface area contributed by atoms with Gasteiger partial charge >= 0.3 is 0 Å². The number of hydrogen-bond acceptors (Lipinski definition) is 2. The average Bonchev–Trinajstić information content (AvgIpc) is 1.91. The molecule has 0 aromatic heterocycles. The Balaban J connectivity index is 0. The minimum absolute atomic E-state index is 0. The highest BCUT2D eigenvalue weighted by Crippen LogP contribution is 1.92. The van der Waals surface area contributed by atoms with Gasteiger partial charge in [-0.2, -0.15) is 0 Å². The van der Waals surface area contributed by atoms with Crippen LogP contribution in [0.2, 0.25) is 0 Å². The predicted molar refractivity (Wildman–Crippen MR) is 50.1 cm³/mol. The monoisotopic (exact) mass is 168 g/mol. The van der Waals surface area contributed by atoms with Gasteiger partial charge in [0.1, 0.15) is 11.1 Å². The molecule has 0 fully saturated rings. The Kier molecular flexibility index (Phi) is 9.88. The lowest BCUT2D eigenvalue weighted by Crippen LogP contribution is -1.62. The van der Waals surface area contributed by atoms with Gasteiger partial charge in [-0.05, 0) is 17.9 Å². The molecule has 1 rings (SSSR count). The van der Waals surface area contributed by atoms with Gasteiger partial charge in [0.25, 0.3) is 0 Å². The zero-order valence-corrected chi connectivity index (χ0v) is 5.83. The number of benzene rings is 1. The van der Waals surface area contributed by atoms with Gasteiger partial charge in [-0.15, -0.1) is 0 Å². The molecule has 0 radical (unpaired) electrons. The molecule has 0 saturated carbocycles. The van der Waals surface area contributed by atoms with Gasteiger partial charge in [0.15, 0.2) is 0 Å². The Bertz CT molecular complexity index is 204. The summed E-state index contributed by atoms with van der Waals surface area (Å²) in [6.45, 7) is 2.08. The number of nitrogens with one attached hydrogen (secondary N) is 2. The molecule has 0 spiro atoms. The van der Waals surface area contributed by atoms with Gasteiger partial charge in [-0.3, -0.25) is 0 Å². The van der Waals surface area contributed by atoms with Gasteiger partial charge in [-0.1, -0.05) is 35.9 Å². The molecule has 0 aliphatic carbocycles. The lowest BCUT2D eigenvalue weighted by atomic mass is 10.2. The Morgan fingerprint density at radius 2 is 1.45 bits per heavy atom. The highest BCUT2D eigenvalue weighted by Gasteiger charge is 1.72. The fourth-order valence-corrected chi connectivity index (χ4v) is 0.534. The van der Waals surface area contributed by atoms with Crippen molar-refractivity contribution in [3.05, 3.63) is 35.9 Å². The summed E-state index contributed by atoms with van der Waals surface area (Å²) in [6.07, 6.45) is 0. The third kappa shape index (κ3) is 8.75. The topological polar surface area (TPSA) is 61.8 Å². The van der Waals surface area contributed by atoms with Crippen LogP contribution in [0.1, 0.15) is 5.56 Å². The highest BCUT2D eigenvalue weighted by atomic mass is 28.1. The Morgan fingerprint density at radius 1 is 1.09 bits per heavy atom. The van der Waals surface area contributed by atoms with E-state index in [2.05, 4.69) is 19.1 Å². The Hall–Kier alpha value is -1.25. The molecule has 0 aliphatic heterocycles. The lowest BCUT2D eigenvalue weighted by Gasteiger charge is -1.82. The van der Waals surface area contributed by atoms with E-state index in [-0.39, 0.29) is 11.0 Å². The van der Waals surface area contributed by atoms with Crippen LogP contribution in [0.25, 0.3) is 0 Å². The zero-order chi connectivity index (χ0) is 7.82. The minimum Gasteiger partial charge on any atom is -0.0622 e. The van der Waals surface area contributed by atoms with E-state index in [4.69, 9.17) is 11.1 Å². The van der Waals surface area contributed by atoms with Crippen molar-refractivity contribution in [1.29, 1.82) is 11.1 Å². The van der Waals surface area contributed by atoms with E-state index in [0.717, 1.165) is 0 Å². The zero-order valence-electron chi connectivity index (χ0n) is 5.83. The predicted octanol–water partition coefficient (Wildman–Crippen LogP) is 0.659. The first-order chi connectivity index (χ1) is 4.81. The van der Waals surface area contributed by atoms with Crippen LogP contribution >= 0.6 is 0 Å². The molecule has 1 aromatic carbocycles. The molecule has 0 heterocycles. The Labute approximate surface area is 70.5 Å². The molecule has 4 heteroatoms. The molecule has 0 unspecified atom stereocenters. The van der Waals surface area contributed by atoms with E-state index in [9.17, 15) is 0 Å². The summed E-state index contributed by atoms with van der Waals surface area (Å²) in [5.41, 5.74) is 12.3. The highest BCUT2D eigenvalue weighted by molar-refractivity contribution is 5.75. The third-order valence-electron chi connectivity index (χ3n) is 0.940. The largest absolute Gasteiger partial charge is 0.211 e. The molecule has 0 saturated heterocycles. The van der Waals surface area contributed by atoms with Gasteiger partial charge in [0.2, 0.25) is 4.91 Å². The maximum atomic E-state index is 5.50. The lowest BCUT2D eigenvalue weighted by molar-refractivity contribution is 0.928. The quantitative estimate of drug-likeness (QED) is 0.325. The van der Waals surface area contributed by atoms with Crippen LogP contribution in [-0.4, -0.2) is 11.0 Å². The van der Waals surface area contributed by atoms with Crippen LogP contribution in [0.3, 0.4) is 0 Å². The molecule has 0 bridgehead atoms. The molecule has 0 aliphatic rings. The van der Waals surface area contributed by atoms with E-state index < -0.39 is 0 Å². The van der Waals surface area contributed by atoms with Gasteiger partial charge in [-0.25, -0.2) is 0 Å². The first kappa shape index (κ1) is 12.4. The Morgan fingerprint density at radius 3 is 1.64 bits per heavy atom. The molecule has 1 aromatic rings. The molecule has 0 atom stereocenters. The summed E-state index contributed by atoms with van der Waals surface area (Å²) in [4.78, 5) is 2.00. The normalized spacial score (nSPS) is 6.27. The first-order valence-corrected chi connectivity index (χ1v) is 2.86. The van der Waals surface area contributed by atoms with Crippen LogP contribution in [0.5, 0.6) is 0 Å². The fraction of sp³-hybridized carbons (Fsp3) is 0.143. The van der Waals surface area contributed by atoms with Crippen molar-refractivity contribution in [2.75, 3.05) is 0 Å². The molecular formula is C7H14N3Si+. The van der Waals surface area contributed by atoms with Gasteiger partial charge in [0, 0.05) is 0 Å². The van der Waals surface area contributed by atoms with E-state index in [1.165, 1.54) is 5.56 Å². The van der Waals surface area contributed by atoms with Crippen molar-refractivity contribution < 1.29 is 0 Å². The maximum Gasteiger partial charge on any atom is 0.211 e. The van der Waals surface area contributed by atoms with Gasteiger partial charge < -0.3 is 0 Å². The van der Waals surface area contributed by atoms with Crippen LogP contribution in [0.4, 0.5) is 0 Å². The molecule has 60 valence electrons. The molecule has 3 nitrogen and oxygen atoms in total. The molecule has 0 amide bonds. The summed E-state index contributed by atoms with van der Waals surface area (Å²) in [5, 5.41) is 0. The number of aryl methyl sites for hydroxylation is 1. The van der Waals surface area contributed by atoms with Crippen molar-refractivity contribution in [3.8, 4) is 0 Å². The molecule has 2 N–H and O–H groups in total. The summed E-state index contributed by atoms with van der Waals surface area (Å²) in [6, 6.07) is 10.3. The summed E-state index contributed by atoms with van der Waals surface area (Å²) in [5.74, 6) is 0. The SMILES string of the molecule is Cc1ccccc1.N=[N+]=N.[SiH4]. The molecular weight excluding hydrogens is 154 g/mol. The maximum absolute atomic E-state index is 5.50. The number of rotatable bonds is 0. The van der Waals surface area contributed by atoms with Crippen LogP contribution in [-0.2, 0) is 0 Å². The van der Waals surface area contributed by atoms with E-state index in [1.54, 1.807) is 0 Å². The van der Waals surface area contributed by atoms with Gasteiger partial charge in [0.05, 0.1) is 0 Å². The van der Waals surface area contributed by atoms with Crippen molar-refractivity contribution in [3.63, 3.8) is 0 Å². The molecule has 11 heavy (non-hydrogen) atoms. The van der Waals surface area contributed by atoms with Crippen LogP contribution in [0.15, 0.2) is 30.3 Å². The second kappa shape index (κ2) is 8.75. The van der Waals surface area contributed by atoms with Crippen molar-refractivity contribution in [2.45, 2.75) is 6.92 Å². The number of nitrogens with zero attached hydrogens (tertiary/aromatic N) is 1. The van der Waals surface area contributed by atoms with E-state index >= 15 is 0 Å². The minimum atomic E-state index is 0. The van der Waals surface area contributed by atoms with E-state index in [0.29, 0.717) is 0 Å². The van der Waals surface area contributed by atoms with Crippen molar-refractivity contribution in [2.24, 2.45) is 0 Å². The average molecular weight is 168 g/mol. The fourth-order valence-electron chi connectivity index (χ4n) is 0.534. The van der Waals surface area contributed by atoms with E-state index in [1.807, 2.05) is 23.1 Å². The number of hydrogen-bond donors (Lipinski definition) is 2. The second-order valence-electron chi connectivity index (χ2n) is 1.77. The summed E-state index contributed by atoms with van der Waals surface area (Å²) >= 11 is 0. The van der Waals surface area contributed by atoms with Crippen molar-refractivity contribution in [1.82, 2.24) is 4.91 Å².